The second-order valence-corrected chi connectivity index (χ2v) is 6.84. The fourth-order valence-electron chi connectivity index (χ4n) is 3.27. The number of hydrogen-bond donors (Lipinski definition) is 0. The lowest BCUT2D eigenvalue weighted by Gasteiger charge is -2.14. The maximum Gasteiger partial charge on any atom is 0.368 e. The third kappa shape index (κ3) is 3.59. The molecular weight excluding hydrogens is 378 g/mol. The van der Waals surface area contributed by atoms with Gasteiger partial charge in [-0.05, 0) is 58.3 Å². The number of nitrogens with zero attached hydrogens (tertiary/aromatic N) is 5. The van der Waals surface area contributed by atoms with Gasteiger partial charge in [0, 0.05) is 12.6 Å². The van der Waals surface area contributed by atoms with E-state index in [0.29, 0.717) is 17.0 Å². The Morgan fingerprint density at radius 2 is 1.83 bits per heavy atom. The maximum atomic E-state index is 12.3. The van der Waals surface area contributed by atoms with Gasteiger partial charge in [-0.15, -0.1) is 0 Å². The Labute approximate surface area is 173 Å². The number of ether oxygens (including phenoxy) is 1. The molecule has 0 unspecified atom stereocenters. The van der Waals surface area contributed by atoms with Crippen molar-refractivity contribution in [2.45, 2.75) is 13.5 Å². The predicted molar refractivity (Wildman–Crippen MR) is 112 cm³/mol. The van der Waals surface area contributed by atoms with Crippen molar-refractivity contribution in [3.05, 3.63) is 93.9 Å². The molecule has 1 heterocycles. The summed E-state index contributed by atoms with van der Waals surface area (Å²) in [5, 5.41) is 17.3. The first kappa shape index (κ1) is 19.2. The average Bonchev–Trinajstić information content (AvgIpc) is 3.11. The van der Waals surface area contributed by atoms with Crippen LogP contribution in [0.2, 0.25) is 0 Å². The Morgan fingerprint density at radius 3 is 2.53 bits per heavy atom. The van der Waals surface area contributed by atoms with Crippen molar-refractivity contribution in [1.29, 1.82) is 5.26 Å². The lowest BCUT2D eigenvalue weighted by atomic mass is 10.0. The summed E-state index contributed by atoms with van der Waals surface area (Å²) in [6, 6.07) is 23.1. The summed E-state index contributed by atoms with van der Waals surface area (Å²) in [5.41, 5.74) is 4.44. The molecule has 0 saturated carbocycles. The van der Waals surface area contributed by atoms with Crippen LogP contribution in [-0.4, -0.2) is 19.8 Å². The van der Waals surface area contributed by atoms with Gasteiger partial charge in [-0.25, -0.2) is 4.79 Å². The van der Waals surface area contributed by atoms with Crippen molar-refractivity contribution in [3.63, 3.8) is 0 Å². The fourth-order valence-corrected chi connectivity index (χ4v) is 3.27. The molecule has 0 saturated heterocycles. The van der Waals surface area contributed by atoms with E-state index in [2.05, 4.69) is 16.5 Å². The van der Waals surface area contributed by atoms with Crippen LogP contribution in [-0.2, 0) is 13.7 Å². The number of hydrogen-bond acceptors (Lipinski definition) is 5. The number of nitriles is 1. The van der Waals surface area contributed by atoms with Crippen LogP contribution >= 0.6 is 0 Å². The van der Waals surface area contributed by atoms with Crippen molar-refractivity contribution in [3.8, 4) is 28.6 Å². The van der Waals surface area contributed by atoms with E-state index in [1.165, 1.54) is 9.36 Å². The zero-order valence-corrected chi connectivity index (χ0v) is 16.6. The third-order valence-corrected chi connectivity index (χ3v) is 4.91. The Bertz CT molecular complexity index is 1300. The highest BCUT2D eigenvalue weighted by atomic mass is 16.5. The molecule has 0 spiro atoms. The van der Waals surface area contributed by atoms with Gasteiger partial charge in [0.15, 0.2) is 0 Å². The maximum absolute atomic E-state index is 12.3. The molecule has 0 N–H and O–H groups in total. The SMILES string of the molecule is Cc1cccc(-n2nnn(C)c2=O)c1COc1ccc(-c2ccccc2)c(C#N)c1. The van der Waals surface area contributed by atoms with Crippen LogP contribution < -0.4 is 10.4 Å². The van der Waals surface area contributed by atoms with E-state index >= 15 is 0 Å². The van der Waals surface area contributed by atoms with Crippen molar-refractivity contribution in [2.24, 2.45) is 7.05 Å². The van der Waals surface area contributed by atoms with Gasteiger partial charge in [-0.3, -0.25) is 0 Å². The zero-order valence-electron chi connectivity index (χ0n) is 16.6. The molecule has 30 heavy (non-hydrogen) atoms. The molecular formula is C23H19N5O2. The standard InChI is InChI=1S/C23H19N5O2/c1-16-7-6-10-22(28-23(29)27(2)25-26-28)21(16)15-30-19-11-12-20(18(13-19)14-24)17-8-4-3-5-9-17/h3-13H,15H2,1-2H3. The normalized spacial score (nSPS) is 10.6. The van der Waals surface area contributed by atoms with E-state index < -0.39 is 0 Å². The lowest BCUT2D eigenvalue weighted by Crippen LogP contribution is -2.23. The second-order valence-electron chi connectivity index (χ2n) is 6.84. The van der Waals surface area contributed by atoms with Crippen LogP contribution in [0.3, 0.4) is 0 Å². The van der Waals surface area contributed by atoms with Gasteiger partial charge in [-0.1, -0.05) is 42.5 Å². The van der Waals surface area contributed by atoms with Crippen molar-refractivity contribution in [1.82, 2.24) is 19.8 Å². The molecule has 4 aromatic rings. The van der Waals surface area contributed by atoms with E-state index in [1.807, 2.05) is 61.5 Å². The molecule has 0 aliphatic heterocycles. The van der Waals surface area contributed by atoms with Gasteiger partial charge >= 0.3 is 5.69 Å². The molecule has 0 aliphatic carbocycles. The topological polar surface area (TPSA) is 85.7 Å². The summed E-state index contributed by atoms with van der Waals surface area (Å²) in [4.78, 5) is 12.3. The van der Waals surface area contributed by atoms with E-state index in [-0.39, 0.29) is 12.3 Å². The molecule has 0 atom stereocenters. The number of aryl methyl sites for hydroxylation is 2. The molecule has 0 radical (unpaired) electrons. The molecule has 1 aromatic heterocycles. The first-order chi connectivity index (χ1) is 14.6. The Kier molecular flexibility index (Phi) is 5.14. The number of tetrazole rings is 1. The fraction of sp³-hybridized carbons (Fsp3) is 0.130. The summed E-state index contributed by atoms with van der Waals surface area (Å²) < 4.78 is 8.42. The van der Waals surface area contributed by atoms with Gasteiger partial charge in [0.1, 0.15) is 12.4 Å². The number of aromatic nitrogens is 4. The summed E-state index contributed by atoms with van der Waals surface area (Å²) in [6.07, 6.45) is 0. The first-order valence-corrected chi connectivity index (χ1v) is 9.38. The quantitative estimate of drug-likeness (QED) is 0.515. The van der Waals surface area contributed by atoms with Gasteiger partial charge in [0.05, 0.1) is 17.3 Å². The molecule has 0 bridgehead atoms. The highest BCUT2D eigenvalue weighted by Crippen LogP contribution is 2.28. The largest absolute Gasteiger partial charge is 0.489 e. The smallest absolute Gasteiger partial charge is 0.368 e. The van der Waals surface area contributed by atoms with Gasteiger partial charge < -0.3 is 4.74 Å². The van der Waals surface area contributed by atoms with Crippen LogP contribution in [0.1, 0.15) is 16.7 Å². The van der Waals surface area contributed by atoms with Gasteiger partial charge in [-0.2, -0.15) is 14.6 Å². The zero-order chi connectivity index (χ0) is 21.1. The molecule has 3 aromatic carbocycles. The van der Waals surface area contributed by atoms with E-state index in [1.54, 1.807) is 19.2 Å². The summed E-state index contributed by atoms with van der Waals surface area (Å²) in [6.45, 7) is 2.17. The van der Waals surface area contributed by atoms with Crippen LogP contribution in [0.15, 0.2) is 71.5 Å². The molecule has 4 rings (SSSR count). The molecule has 0 aliphatic rings. The summed E-state index contributed by atoms with van der Waals surface area (Å²) in [5.74, 6) is 0.576. The molecule has 7 nitrogen and oxygen atoms in total. The van der Waals surface area contributed by atoms with E-state index in [9.17, 15) is 10.1 Å². The highest BCUT2D eigenvalue weighted by Gasteiger charge is 2.14. The Hall–Kier alpha value is -4.18. The summed E-state index contributed by atoms with van der Waals surface area (Å²) in [7, 11) is 1.55. The monoisotopic (exact) mass is 397 g/mol. The van der Waals surface area contributed by atoms with E-state index in [0.717, 1.165) is 22.3 Å². The highest BCUT2D eigenvalue weighted by molar-refractivity contribution is 5.71. The third-order valence-electron chi connectivity index (χ3n) is 4.91. The Balaban J connectivity index is 1.64. The van der Waals surface area contributed by atoms with Crippen molar-refractivity contribution >= 4 is 0 Å². The van der Waals surface area contributed by atoms with Crippen LogP contribution in [0.25, 0.3) is 16.8 Å². The average molecular weight is 397 g/mol. The van der Waals surface area contributed by atoms with E-state index in [4.69, 9.17) is 4.74 Å². The Morgan fingerprint density at radius 1 is 1.03 bits per heavy atom. The second kappa shape index (κ2) is 8.05. The van der Waals surface area contributed by atoms with Crippen LogP contribution in [0.5, 0.6) is 5.75 Å². The molecule has 0 fully saturated rings. The minimum atomic E-state index is -0.333. The minimum absolute atomic E-state index is 0.223. The number of rotatable bonds is 5. The minimum Gasteiger partial charge on any atom is -0.489 e. The van der Waals surface area contributed by atoms with Gasteiger partial charge in [0.2, 0.25) is 0 Å². The lowest BCUT2D eigenvalue weighted by molar-refractivity contribution is 0.304. The van der Waals surface area contributed by atoms with Gasteiger partial charge in [0.25, 0.3) is 0 Å². The van der Waals surface area contributed by atoms with Crippen LogP contribution in [0, 0.1) is 18.3 Å². The van der Waals surface area contributed by atoms with Crippen molar-refractivity contribution < 1.29 is 4.74 Å². The van der Waals surface area contributed by atoms with Crippen LogP contribution in [0.4, 0.5) is 0 Å². The summed E-state index contributed by atoms with van der Waals surface area (Å²) >= 11 is 0. The molecule has 7 heteroatoms. The van der Waals surface area contributed by atoms with Crippen molar-refractivity contribution in [2.75, 3.05) is 0 Å². The predicted octanol–water partition coefficient (Wildman–Crippen LogP) is 3.39. The molecule has 148 valence electrons. The first-order valence-electron chi connectivity index (χ1n) is 9.38. The number of benzene rings is 3. The molecule has 0 amide bonds.